The third-order valence-corrected chi connectivity index (χ3v) is 4.83. The summed E-state index contributed by atoms with van der Waals surface area (Å²) >= 11 is 5.26. The first kappa shape index (κ1) is 19.6. The molecule has 0 unspecified atom stereocenters. The number of thiocarbonyl (C=S) groups is 1. The molecule has 4 nitrogen and oxygen atoms in total. The minimum Gasteiger partial charge on any atom is -0.428 e. The van der Waals surface area contributed by atoms with Gasteiger partial charge in [-0.2, -0.15) is 17.6 Å². The third-order valence-electron chi connectivity index (χ3n) is 4.53. The van der Waals surface area contributed by atoms with Gasteiger partial charge in [0.2, 0.25) is 0 Å². The molecule has 0 atom stereocenters. The molecule has 2 fully saturated rings. The highest BCUT2D eigenvalue weighted by molar-refractivity contribution is 7.80. The van der Waals surface area contributed by atoms with E-state index in [4.69, 9.17) is 12.2 Å². The van der Waals surface area contributed by atoms with Gasteiger partial charge in [-0.3, -0.25) is 9.69 Å². The highest BCUT2D eigenvalue weighted by Crippen LogP contribution is 2.29. The van der Waals surface area contributed by atoms with Gasteiger partial charge in [0.15, 0.2) is 5.11 Å². The molecular formula is C18H18F4N2O2S. The Morgan fingerprint density at radius 2 is 1.96 bits per heavy atom. The lowest BCUT2D eigenvalue weighted by molar-refractivity contribution is -0.253. The van der Waals surface area contributed by atoms with E-state index in [1.807, 2.05) is 0 Å². The van der Waals surface area contributed by atoms with Crippen molar-refractivity contribution in [3.63, 3.8) is 0 Å². The number of amides is 1. The molecule has 1 amide bonds. The van der Waals surface area contributed by atoms with Crippen LogP contribution in [-0.2, 0) is 4.79 Å². The van der Waals surface area contributed by atoms with Crippen LogP contribution in [0.1, 0.15) is 37.7 Å². The highest BCUT2D eigenvalue weighted by atomic mass is 32.1. The minimum absolute atomic E-state index is 0.0524. The molecule has 3 rings (SSSR count). The molecule has 0 aromatic heterocycles. The first-order valence-corrected chi connectivity index (χ1v) is 9.00. The van der Waals surface area contributed by atoms with Crippen molar-refractivity contribution in [2.24, 2.45) is 0 Å². The van der Waals surface area contributed by atoms with Crippen LogP contribution >= 0.6 is 12.2 Å². The summed E-state index contributed by atoms with van der Waals surface area (Å²) in [7, 11) is 0. The van der Waals surface area contributed by atoms with E-state index in [1.165, 1.54) is 12.1 Å². The summed E-state index contributed by atoms with van der Waals surface area (Å²) in [5.41, 5.74) is 0.560. The summed E-state index contributed by atoms with van der Waals surface area (Å²) < 4.78 is 54.8. The summed E-state index contributed by atoms with van der Waals surface area (Å²) in [5, 5.41) is 3.16. The average molecular weight is 402 g/mol. The number of benzene rings is 1. The number of ether oxygens (including phenoxy) is 1. The summed E-state index contributed by atoms with van der Waals surface area (Å²) in [6.45, 7) is 0. The third kappa shape index (κ3) is 4.40. The quantitative estimate of drug-likeness (QED) is 0.453. The van der Waals surface area contributed by atoms with Gasteiger partial charge in [0, 0.05) is 6.04 Å². The van der Waals surface area contributed by atoms with Crippen molar-refractivity contribution < 1.29 is 27.1 Å². The lowest BCUT2D eigenvalue weighted by Gasteiger charge is -2.29. The monoisotopic (exact) mass is 402 g/mol. The number of hydrogen-bond acceptors (Lipinski definition) is 3. The maximum atomic E-state index is 13.1. The Labute approximate surface area is 159 Å². The van der Waals surface area contributed by atoms with Crippen LogP contribution in [0.25, 0.3) is 6.08 Å². The van der Waals surface area contributed by atoms with Crippen LogP contribution in [0.5, 0.6) is 5.75 Å². The van der Waals surface area contributed by atoms with Crippen LogP contribution in [0, 0.1) is 0 Å². The molecule has 1 aromatic carbocycles. The van der Waals surface area contributed by atoms with Crippen molar-refractivity contribution in [2.75, 3.05) is 0 Å². The van der Waals surface area contributed by atoms with Crippen molar-refractivity contribution in [1.29, 1.82) is 0 Å². The van der Waals surface area contributed by atoms with E-state index >= 15 is 0 Å². The van der Waals surface area contributed by atoms with E-state index in [-0.39, 0.29) is 17.6 Å². The number of alkyl halides is 4. The zero-order chi connectivity index (χ0) is 19.6. The Morgan fingerprint density at radius 3 is 2.63 bits per heavy atom. The number of carbonyl (C=O) groups excluding carboxylic acids is 1. The first-order chi connectivity index (χ1) is 12.8. The Hall–Kier alpha value is -2.16. The molecule has 1 aliphatic heterocycles. The SMILES string of the molecule is O=C1/C(=C\c2cccc(OC(F)(F)C(F)F)c2)NC(=S)N1C1CCCCC1. The van der Waals surface area contributed by atoms with Gasteiger partial charge in [-0.05, 0) is 48.8 Å². The second-order valence-electron chi connectivity index (χ2n) is 6.49. The molecule has 1 heterocycles. The Morgan fingerprint density at radius 1 is 1.26 bits per heavy atom. The molecule has 0 radical (unpaired) electrons. The molecule has 0 bridgehead atoms. The molecular weight excluding hydrogens is 384 g/mol. The zero-order valence-corrected chi connectivity index (χ0v) is 15.1. The fourth-order valence-corrected chi connectivity index (χ4v) is 3.60. The van der Waals surface area contributed by atoms with Crippen molar-refractivity contribution in [1.82, 2.24) is 10.2 Å². The minimum atomic E-state index is -4.59. The maximum absolute atomic E-state index is 13.1. The van der Waals surface area contributed by atoms with Crippen LogP contribution in [0.3, 0.4) is 0 Å². The topological polar surface area (TPSA) is 41.6 Å². The predicted octanol–water partition coefficient (Wildman–Crippen LogP) is 4.31. The molecule has 1 aliphatic carbocycles. The maximum Gasteiger partial charge on any atom is 0.461 e. The largest absolute Gasteiger partial charge is 0.461 e. The first-order valence-electron chi connectivity index (χ1n) is 8.59. The smallest absolute Gasteiger partial charge is 0.428 e. The molecule has 2 aliphatic rings. The van der Waals surface area contributed by atoms with Crippen LogP contribution in [0.2, 0.25) is 0 Å². The highest BCUT2D eigenvalue weighted by Gasteiger charge is 2.44. The van der Waals surface area contributed by atoms with Gasteiger partial charge in [-0.1, -0.05) is 31.4 Å². The zero-order valence-electron chi connectivity index (χ0n) is 14.3. The molecule has 27 heavy (non-hydrogen) atoms. The van der Waals surface area contributed by atoms with Crippen molar-refractivity contribution in [3.05, 3.63) is 35.5 Å². The molecule has 9 heteroatoms. The van der Waals surface area contributed by atoms with Gasteiger partial charge in [0.1, 0.15) is 11.4 Å². The second kappa shape index (κ2) is 7.84. The number of carbonyl (C=O) groups is 1. The van der Waals surface area contributed by atoms with Crippen molar-refractivity contribution in [3.8, 4) is 5.75 Å². The van der Waals surface area contributed by atoms with E-state index in [1.54, 1.807) is 11.0 Å². The lowest BCUT2D eigenvalue weighted by atomic mass is 9.94. The molecule has 1 saturated heterocycles. The van der Waals surface area contributed by atoms with Crippen molar-refractivity contribution in [2.45, 2.75) is 50.7 Å². The number of nitrogens with zero attached hydrogens (tertiary/aromatic N) is 1. The summed E-state index contributed by atoms with van der Waals surface area (Å²) in [5.74, 6) is -0.706. The average Bonchev–Trinajstić information content (AvgIpc) is 2.89. The predicted molar refractivity (Wildman–Crippen MR) is 95.5 cm³/mol. The Bertz CT molecular complexity index is 763. The number of hydrogen-bond donors (Lipinski definition) is 1. The fourth-order valence-electron chi connectivity index (χ4n) is 3.26. The van der Waals surface area contributed by atoms with Gasteiger partial charge >= 0.3 is 12.5 Å². The lowest BCUT2D eigenvalue weighted by Crippen LogP contribution is -2.41. The van der Waals surface area contributed by atoms with Gasteiger partial charge in [0.05, 0.1) is 0 Å². The van der Waals surface area contributed by atoms with Crippen LogP contribution in [0.4, 0.5) is 17.6 Å². The Balaban J connectivity index is 1.77. The molecule has 1 saturated carbocycles. The van der Waals surface area contributed by atoms with Crippen LogP contribution in [-0.4, -0.2) is 34.5 Å². The molecule has 0 spiro atoms. The van der Waals surface area contributed by atoms with Crippen molar-refractivity contribution >= 4 is 29.3 Å². The van der Waals surface area contributed by atoms with Crippen LogP contribution < -0.4 is 10.1 Å². The van der Waals surface area contributed by atoms with Gasteiger partial charge in [0.25, 0.3) is 5.91 Å². The van der Waals surface area contributed by atoms with E-state index < -0.39 is 18.3 Å². The van der Waals surface area contributed by atoms with Gasteiger partial charge in [-0.25, -0.2) is 0 Å². The number of halogens is 4. The molecule has 1 aromatic rings. The molecule has 1 N–H and O–H groups in total. The van der Waals surface area contributed by atoms with E-state index in [0.29, 0.717) is 10.7 Å². The van der Waals surface area contributed by atoms with Gasteiger partial charge in [-0.15, -0.1) is 0 Å². The normalized spacial score (nSPS) is 20.5. The summed E-state index contributed by atoms with van der Waals surface area (Å²) in [6, 6.07) is 5.27. The van der Waals surface area contributed by atoms with Gasteiger partial charge < -0.3 is 10.1 Å². The summed E-state index contributed by atoms with van der Waals surface area (Å²) in [4.78, 5) is 14.2. The second-order valence-corrected chi connectivity index (χ2v) is 6.88. The van der Waals surface area contributed by atoms with Crippen LogP contribution in [0.15, 0.2) is 30.0 Å². The van der Waals surface area contributed by atoms with E-state index in [9.17, 15) is 22.4 Å². The Kier molecular flexibility index (Phi) is 5.69. The number of nitrogens with one attached hydrogen (secondary N) is 1. The molecule has 146 valence electrons. The van der Waals surface area contributed by atoms with E-state index in [2.05, 4.69) is 10.1 Å². The number of rotatable bonds is 5. The van der Waals surface area contributed by atoms with E-state index in [0.717, 1.165) is 44.2 Å². The summed E-state index contributed by atoms with van der Waals surface area (Å²) in [6.07, 6.45) is -2.13. The standard InChI is InChI=1S/C18H18F4N2O2S/c19-16(20)18(21,22)26-13-8-4-5-11(9-13)10-14-15(25)24(17(27)23-14)12-6-2-1-3-7-12/h4-5,8-10,12,16H,1-3,6-7H2,(H,23,27)/b14-10+. The fraction of sp³-hybridized carbons (Fsp3) is 0.444.